The number of pyridine rings is 1. The van der Waals surface area contributed by atoms with Crippen LogP contribution in [0.4, 0.5) is 0 Å². The topological polar surface area (TPSA) is 45.5 Å². The van der Waals surface area contributed by atoms with Crippen LogP contribution in [0.2, 0.25) is 0 Å². The van der Waals surface area contributed by atoms with Crippen molar-refractivity contribution in [2.24, 2.45) is 5.16 Å². The fourth-order valence-corrected chi connectivity index (χ4v) is 2.55. The Morgan fingerprint density at radius 3 is 2.05 bits per heavy atom. The van der Waals surface area contributed by atoms with Crippen LogP contribution in [0, 0.1) is 0 Å². The van der Waals surface area contributed by atoms with Gasteiger partial charge in [0, 0.05) is 11.8 Å². The smallest absolute Gasteiger partial charge is 0.100 e. The van der Waals surface area contributed by atoms with Crippen LogP contribution < -0.4 is 0 Å². The third kappa shape index (κ3) is 2.88. The predicted octanol–water partition coefficient (Wildman–Crippen LogP) is 4.09. The highest BCUT2D eigenvalue weighted by Crippen LogP contribution is 2.27. The van der Waals surface area contributed by atoms with Crippen LogP contribution in [-0.4, -0.2) is 15.9 Å². The van der Waals surface area contributed by atoms with E-state index < -0.39 is 0 Å². The molecule has 0 spiro atoms. The van der Waals surface area contributed by atoms with Gasteiger partial charge in [0.25, 0.3) is 0 Å². The standard InChI is InChI=1S/C19H16N2O/c22-21-19(16-11-5-2-6-12-16)18(15-9-3-1-4-10-15)17-13-7-8-14-20-17/h1-14,18,22H. The molecule has 3 heteroatoms. The van der Waals surface area contributed by atoms with Gasteiger partial charge >= 0.3 is 0 Å². The normalized spacial score (nSPS) is 12.8. The lowest BCUT2D eigenvalue weighted by Gasteiger charge is -2.18. The van der Waals surface area contributed by atoms with Crippen molar-refractivity contribution in [2.45, 2.75) is 5.92 Å². The quantitative estimate of drug-likeness (QED) is 0.446. The first-order chi connectivity index (χ1) is 10.9. The molecule has 0 aliphatic carbocycles. The van der Waals surface area contributed by atoms with Crippen LogP contribution >= 0.6 is 0 Å². The average Bonchev–Trinajstić information content (AvgIpc) is 2.62. The Morgan fingerprint density at radius 1 is 0.818 bits per heavy atom. The van der Waals surface area contributed by atoms with Crippen LogP contribution in [0.3, 0.4) is 0 Å². The number of oxime groups is 1. The van der Waals surface area contributed by atoms with E-state index in [1.807, 2.05) is 78.9 Å². The third-order valence-electron chi connectivity index (χ3n) is 3.57. The summed E-state index contributed by atoms with van der Waals surface area (Å²) in [6, 6.07) is 25.4. The lowest BCUT2D eigenvalue weighted by molar-refractivity contribution is 0.317. The Labute approximate surface area is 129 Å². The minimum Gasteiger partial charge on any atom is -0.411 e. The summed E-state index contributed by atoms with van der Waals surface area (Å²) >= 11 is 0. The molecule has 1 unspecified atom stereocenters. The molecule has 0 fully saturated rings. The van der Waals surface area contributed by atoms with Gasteiger partial charge in [0.2, 0.25) is 0 Å². The molecule has 0 amide bonds. The zero-order valence-electron chi connectivity index (χ0n) is 12.0. The maximum absolute atomic E-state index is 9.63. The molecule has 3 aromatic rings. The van der Waals surface area contributed by atoms with E-state index in [4.69, 9.17) is 0 Å². The van der Waals surface area contributed by atoms with Gasteiger partial charge in [-0.05, 0) is 17.7 Å². The molecule has 0 radical (unpaired) electrons. The number of hydrogen-bond donors (Lipinski definition) is 1. The van der Waals surface area contributed by atoms with E-state index in [1.54, 1.807) is 6.20 Å². The predicted molar refractivity (Wildman–Crippen MR) is 87.3 cm³/mol. The Bertz CT molecular complexity index is 701. The molecule has 1 aromatic heterocycles. The van der Waals surface area contributed by atoms with E-state index in [0.29, 0.717) is 5.71 Å². The second-order valence-corrected chi connectivity index (χ2v) is 4.95. The number of nitrogens with zero attached hydrogens (tertiary/aromatic N) is 2. The summed E-state index contributed by atoms with van der Waals surface area (Å²) in [5.41, 5.74) is 3.36. The van der Waals surface area contributed by atoms with Crippen LogP contribution in [0.1, 0.15) is 22.7 Å². The van der Waals surface area contributed by atoms with Gasteiger partial charge in [-0.15, -0.1) is 0 Å². The summed E-state index contributed by atoms with van der Waals surface area (Å²) in [6.45, 7) is 0. The van der Waals surface area contributed by atoms with E-state index in [9.17, 15) is 5.21 Å². The molecule has 3 rings (SSSR count). The van der Waals surface area contributed by atoms with Crippen molar-refractivity contribution in [3.8, 4) is 0 Å². The number of rotatable bonds is 4. The Hall–Kier alpha value is -2.94. The lowest BCUT2D eigenvalue weighted by Crippen LogP contribution is -2.17. The van der Waals surface area contributed by atoms with Crippen molar-refractivity contribution in [3.63, 3.8) is 0 Å². The summed E-state index contributed by atoms with van der Waals surface area (Å²) in [5.74, 6) is -0.213. The van der Waals surface area contributed by atoms with Gasteiger partial charge in [0.05, 0.1) is 11.6 Å². The highest BCUT2D eigenvalue weighted by molar-refractivity contribution is 6.06. The van der Waals surface area contributed by atoms with E-state index >= 15 is 0 Å². The zero-order valence-corrected chi connectivity index (χ0v) is 12.0. The molecule has 1 heterocycles. The molecule has 0 saturated carbocycles. The first kappa shape index (κ1) is 14.0. The van der Waals surface area contributed by atoms with Gasteiger partial charge in [-0.25, -0.2) is 0 Å². The molecule has 22 heavy (non-hydrogen) atoms. The second kappa shape index (κ2) is 6.68. The first-order valence-electron chi connectivity index (χ1n) is 7.13. The van der Waals surface area contributed by atoms with Gasteiger partial charge < -0.3 is 5.21 Å². The molecule has 108 valence electrons. The largest absolute Gasteiger partial charge is 0.411 e. The average molecular weight is 288 g/mol. The van der Waals surface area contributed by atoms with Crippen molar-refractivity contribution < 1.29 is 5.21 Å². The monoisotopic (exact) mass is 288 g/mol. The summed E-state index contributed by atoms with van der Waals surface area (Å²) < 4.78 is 0. The molecule has 1 N–H and O–H groups in total. The molecular formula is C19H16N2O. The molecule has 3 nitrogen and oxygen atoms in total. The maximum Gasteiger partial charge on any atom is 0.100 e. The summed E-state index contributed by atoms with van der Waals surface area (Å²) in [6.07, 6.45) is 1.76. The highest BCUT2D eigenvalue weighted by Gasteiger charge is 2.23. The van der Waals surface area contributed by atoms with Crippen molar-refractivity contribution in [3.05, 3.63) is 102 Å². The Balaban J connectivity index is 2.14. The molecule has 0 saturated heterocycles. The number of benzene rings is 2. The van der Waals surface area contributed by atoms with Crippen LogP contribution in [0.5, 0.6) is 0 Å². The first-order valence-corrected chi connectivity index (χ1v) is 7.13. The Kier molecular flexibility index (Phi) is 4.25. The van der Waals surface area contributed by atoms with Crippen LogP contribution in [-0.2, 0) is 0 Å². The van der Waals surface area contributed by atoms with Crippen LogP contribution in [0.25, 0.3) is 0 Å². The minimum atomic E-state index is -0.213. The van der Waals surface area contributed by atoms with Gasteiger partial charge in [-0.1, -0.05) is 71.9 Å². The lowest BCUT2D eigenvalue weighted by atomic mass is 9.87. The van der Waals surface area contributed by atoms with E-state index in [2.05, 4.69) is 10.1 Å². The highest BCUT2D eigenvalue weighted by atomic mass is 16.4. The van der Waals surface area contributed by atoms with Crippen LogP contribution in [0.15, 0.2) is 90.2 Å². The van der Waals surface area contributed by atoms with Crippen molar-refractivity contribution in [1.29, 1.82) is 0 Å². The van der Waals surface area contributed by atoms with Gasteiger partial charge in [0.15, 0.2) is 0 Å². The SMILES string of the molecule is ON=C(c1ccccc1)C(c1ccccc1)c1ccccn1. The summed E-state index contributed by atoms with van der Waals surface area (Å²) in [4.78, 5) is 4.46. The number of hydrogen-bond acceptors (Lipinski definition) is 3. The molecule has 1 atom stereocenters. The maximum atomic E-state index is 9.63. The second-order valence-electron chi connectivity index (χ2n) is 4.95. The van der Waals surface area contributed by atoms with Gasteiger partial charge in [-0.2, -0.15) is 0 Å². The fraction of sp³-hybridized carbons (Fsp3) is 0.0526. The van der Waals surface area contributed by atoms with Gasteiger partial charge in [-0.3, -0.25) is 4.98 Å². The third-order valence-corrected chi connectivity index (χ3v) is 3.57. The zero-order chi connectivity index (χ0) is 15.2. The molecule has 2 aromatic carbocycles. The Morgan fingerprint density at radius 2 is 1.45 bits per heavy atom. The van der Waals surface area contributed by atoms with Crippen molar-refractivity contribution in [2.75, 3.05) is 0 Å². The molecule has 0 aliphatic heterocycles. The minimum absolute atomic E-state index is 0.213. The molecule has 0 bridgehead atoms. The molecule has 0 aliphatic rings. The van der Waals surface area contributed by atoms with Gasteiger partial charge in [0.1, 0.15) is 5.71 Å². The summed E-state index contributed by atoms with van der Waals surface area (Å²) in [5, 5.41) is 13.2. The number of aromatic nitrogens is 1. The van der Waals surface area contributed by atoms with E-state index in [-0.39, 0.29) is 5.92 Å². The summed E-state index contributed by atoms with van der Waals surface area (Å²) in [7, 11) is 0. The van der Waals surface area contributed by atoms with Crippen molar-refractivity contribution in [1.82, 2.24) is 4.98 Å². The van der Waals surface area contributed by atoms with Crippen molar-refractivity contribution >= 4 is 5.71 Å². The molecular weight excluding hydrogens is 272 g/mol. The van der Waals surface area contributed by atoms with E-state index in [0.717, 1.165) is 16.8 Å². The van der Waals surface area contributed by atoms with E-state index in [1.165, 1.54) is 0 Å². The fourth-order valence-electron chi connectivity index (χ4n) is 2.55.